The van der Waals surface area contributed by atoms with Crippen molar-refractivity contribution in [3.05, 3.63) is 77.6 Å². The highest BCUT2D eigenvalue weighted by Crippen LogP contribution is 2.40. The molecule has 1 saturated carbocycles. The Morgan fingerprint density at radius 1 is 1.10 bits per heavy atom. The lowest BCUT2D eigenvalue weighted by molar-refractivity contribution is -0.118. The van der Waals surface area contributed by atoms with Crippen molar-refractivity contribution in [2.75, 3.05) is 26.4 Å². The summed E-state index contributed by atoms with van der Waals surface area (Å²) in [4.78, 5) is 14.7. The number of nitrogens with zero attached hydrogens (tertiary/aromatic N) is 4. The van der Waals surface area contributed by atoms with Crippen molar-refractivity contribution >= 4 is 17.7 Å². The van der Waals surface area contributed by atoms with Crippen molar-refractivity contribution in [1.29, 1.82) is 0 Å². The minimum Gasteiger partial charge on any atom is -0.353 e. The molecular formula is C24H29N5OS. The molecule has 1 aliphatic rings. The van der Waals surface area contributed by atoms with Gasteiger partial charge in [0.15, 0.2) is 5.16 Å². The Hall–Kier alpha value is -2.64. The second-order valence-corrected chi connectivity index (χ2v) is 9.11. The SMILES string of the molecule is CN(C)C(CNC(=O)CSc1nnc(C2CC2)n1Cc1ccccc1)c1ccccc1. The van der Waals surface area contributed by atoms with Gasteiger partial charge in [0, 0.05) is 12.5 Å². The molecule has 0 bridgehead atoms. The number of nitrogens with one attached hydrogen (secondary N) is 1. The highest BCUT2D eigenvalue weighted by molar-refractivity contribution is 7.99. The van der Waals surface area contributed by atoms with E-state index in [1.165, 1.54) is 35.7 Å². The summed E-state index contributed by atoms with van der Waals surface area (Å²) < 4.78 is 2.18. The van der Waals surface area contributed by atoms with Crippen LogP contribution in [-0.4, -0.2) is 52.0 Å². The second-order valence-electron chi connectivity index (χ2n) is 8.17. The number of hydrogen-bond donors (Lipinski definition) is 1. The normalized spacial score (nSPS) is 14.5. The molecule has 0 spiro atoms. The molecule has 0 radical (unpaired) electrons. The van der Waals surface area contributed by atoms with Crippen LogP contribution in [0.1, 0.15) is 41.8 Å². The molecule has 1 N–H and O–H groups in total. The van der Waals surface area contributed by atoms with E-state index in [-0.39, 0.29) is 11.9 Å². The summed E-state index contributed by atoms with van der Waals surface area (Å²) in [6.45, 7) is 1.31. The third kappa shape index (κ3) is 5.74. The van der Waals surface area contributed by atoms with E-state index in [1.54, 1.807) is 0 Å². The fourth-order valence-electron chi connectivity index (χ4n) is 3.63. The topological polar surface area (TPSA) is 63.1 Å². The van der Waals surface area contributed by atoms with Crippen molar-refractivity contribution in [2.24, 2.45) is 0 Å². The van der Waals surface area contributed by atoms with Gasteiger partial charge in [0.25, 0.3) is 0 Å². The molecule has 1 amide bonds. The van der Waals surface area contributed by atoms with Gasteiger partial charge in [-0.25, -0.2) is 0 Å². The molecule has 1 aromatic heterocycles. The maximum atomic E-state index is 12.6. The summed E-state index contributed by atoms with van der Waals surface area (Å²) in [6, 6.07) is 20.7. The number of aromatic nitrogens is 3. The van der Waals surface area contributed by atoms with Crippen LogP contribution in [0.4, 0.5) is 0 Å². The Balaban J connectivity index is 1.37. The van der Waals surface area contributed by atoms with Crippen LogP contribution in [0.25, 0.3) is 0 Å². The van der Waals surface area contributed by atoms with Gasteiger partial charge in [-0.2, -0.15) is 0 Å². The fourth-order valence-corrected chi connectivity index (χ4v) is 4.41. The van der Waals surface area contributed by atoms with Crippen LogP contribution in [0.5, 0.6) is 0 Å². The lowest BCUT2D eigenvalue weighted by Gasteiger charge is -2.25. The first kappa shape index (κ1) is 21.6. The average molecular weight is 436 g/mol. The molecule has 1 fully saturated rings. The van der Waals surface area contributed by atoms with Crippen LogP contribution in [0.2, 0.25) is 0 Å². The molecule has 0 saturated heterocycles. The molecular weight excluding hydrogens is 406 g/mol. The van der Waals surface area contributed by atoms with Gasteiger partial charge in [0.2, 0.25) is 5.91 Å². The van der Waals surface area contributed by atoms with E-state index in [0.717, 1.165) is 17.5 Å². The third-order valence-electron chi connectivity index (χ3n) is 5.50. The summed E-state index contributed by atoms with van der Waals surface area (Å²) in [5, 5.41) is 12.7. The lowest BCUT2D eigenvalue weighted by Crippen LogP contribution is -2.35. The second kappa shape index (κ2) is 10.1. The number of carbonyl (C=O) groups excluding carboxylic acids is 1. The Labute approximate surface area is 188 Å². The van der Waals surface area contributed by atoms with Crippen molar-refractivity contribution < 1.29 is 4.79 Å². The third-order valence-corrected chi connectivity index (χ3v) is 6.47. The summed E-state index contributed by atoms with van der Waals surface area (Å²) in [7, 11) is 4.06. The van der Waals surface area contributed by atoms with Gasteiger partial charge in [0.05, 0.1) is 18.3 Å². The highest BCUT2D eigenvalue weighted by atomic mass is 32.2. The van der Waals surface area contributed by atoms with Crippen molar-refractivity contribution in [3.63, 3.8) is 0 Å². The number of likely N-dealkylation sites (N-methyl/N-ethyl adjacent to an activating group) is 1. The van der Waals surface area contributed by atoms with Crippen LogP contribution in [0.3, 0.4) is 0 Å². The van der Waals surface area contributed by atoms with Crippen LogP contribution >= 0.6 is 11.8 Å². The number of carbonyl (C=O) groups is 1. The maximum absolute atomic E-state index is 12.6. The van der Waals surface area contributed by atoms with Gasteiger partial charge >= 0.3 is 0 Å². The lowest BCUT2D eigenvalue weighted by atomic mass is 10.1. The van der Waals surface area contributed by atoms with Crippen LogP contribution in [-0.2, 0) is 11.3 Å². The molecule has 1 heterocycles. The van der Waals surface area contributed by atoms with E-state index >= 15 is 0 Å². The zero-order valence-corrected chi connectivity index (χ0v) is 18.9. The molecule has 31 heavy (non-hydrogen) atoms. The number of thioether (sulfide) groups is 1. The first-order valence-electron chi connectivity index (χ1n) is 10.7. The van der Waals surface area contributed by atoms with Crippen LogP contribution in [0, 0.1) is 0 Å². The van der Waals surface area contributed by atoms with Gasteiger partial charge in [-0.3, -0.25) is 4.79 Å². The smallest absolute Gasteiger partial charge is 0.230 e. The zero-order chi connectivity index (χ0) is 21.6. The molecule has 1 atom stereocenters. The number of benzene rings is 2. The fraction of sp³-hybridized carbons (Fsp3) is 0.375. The van der Waals surface area contributed by atoms with E-state index in [1.807, 2.05) is 50.5 Å². The first-order chi connectivity index (χ1) is 15.1. The van der Waals surface area contributed by atoms with Crippen molar-refractivity contribution in [2.45, 2.75) is 36.5 Å². The van der Waals surface area contributed by atoms with E-state index in [0.29, 0.717) is 18.2 Å². The van der Waals surface area contributed by atoms with Gasteiger partial charge in [-0.15, -0.1) is 10.2 Å². The summed E-state index contributed by atoms with van der Waals surface area (Å²) >= 11 is 1.46. The summed E-state index contributed by atoms with van der Waals surface area (Å²) in [5.74, 6) is 1.89. The Kier molecular flexibility index (Phi) is 7.04. The van der Waals surface area contributed by atoms with E-state index in [2.05, 4.69) is 49.2 Å². The monoisotopic (exact) mass is 435 g/mol. The predicted molar refractivity (Wildman–Crippen MR) is 124 cm³/mol. The van der Waals surface area contributed by atoms with E-state index in [9.17, 15) is 4.79 Å². The number of hydrogen-bond acceptors (Lipinski definition) is 5. The van der Waals surface area contributed by atoms with Crippen LogP contribution < -0.4 is 5.32 Å². The molecule has 162 valence electrons. The van der Waals surface area contributed by atoms with Crippen molar-refractivity contribution in [1.82, 2.24) is 25.0 Å². The number of amides is 1. The molecule has 1 aliphatic carbocycles. The molecule has 7 heteroatoms. The maximum Gasteiger partial charge on any atom is 0.230 e. The van der Waals surface area contributed by atoms with Gasteiger partial charge < -0.3 is 14.8 Å². The highest BCUT2D eigenvalue weighted by Gasteiger charge is 2.30. The number of rotatable bonds is 10. The van der Waals surface area contributed by atoms with E-state index < -0.39 is 0 Å². The Bertz CT molecular complexity index is 986. The molecule has 1 unspecified atom stereocenters. The summed E-state index contributed by atoms with van der Waals surface area (Å²) in [5.41, 5.74) is 2.41. The molecule has 2 aromatic carbocycles. The largest absolute Gasteiger partial charge is 0.353 e. The Morgan fingerprint density at radius 2 is 1.77 bits per heavy atom. The standard InChI is InChI=1S/C24H29N5OS/c1-28(2)21(19-11-7-4-8-12-19)15-25-22(30)17-31-24-27-26-23(20-13-14-20)29(24)16-18-9-5-3-6-10-18/h3-12,20-21H,13-17H2,1-2H3,(H,25,30). The van der Waals surface area contributed by atoms with Gasteiger partial charge in [-0.1, -0.05) is 72.4 Å². The molecule has 4 rings (SSSR count). The average Bonchev–Trinajstić information content (AvgIpc) is 3.55. The van der Waals surface area contributed by atoms with Gasteiger partial charge in [0.1, 0.15) is 5.82 Å². The minimum absolute atomic E-state index is 0.00927. The Morgan fingerprint density at radius 3 is 2.42 bits per heavy atom. The summed E-state index contributed by atoms with van der Waals surface area (Å²) in [6.07, 6.45) is 2.34. The zero-order valence-electron chi connectivity index (χ0n) is 18.1. The predicted octanol–water partition coefficient (Wildman–Crippen LogP) is 3.72. The van der Waals surface area contributed by atoms with Crippen molar-refractivity contribution in [3.8, 4) is 0 Å². The molecule has 0 aliphatic heterocycles. The first-order valence-corrected chi connectivity index (χ1v) is 11.7. The van der Waals surface area contributed by atoms with Crippen LogP contribution in [0.15, 0.2) is 65.8 Å². The van der Waals surface area contributed by atoms with E-state index in [4.69, 9.17) is 0 Å². The molecule has 6 nitrogen and oxygen atoms in total. The molecule has 3 aromatic rings. The van der Waals surface area contributed by atoms with Gasteiger partial charge in [-0.05, 0) is 38.1 Å². The minimum atomic E-state index is 0.00927. The quantitative estimate of drug-likeness (QED) is 0.492.